The van der Waals surface area contributed by atoms with E-state index in [-0.39, 0.29) is 5.56 Å². The van der Waals surface area contributed by atoms with Crippen LogP contribution in [0.1, 0.15) is 21.5 Å². The quantitative estimate of drug-likeness (QED) is 0.427. The molecule has 0 bridgehead atoms. The van der Waals surface area contributed by atoms with E-state index in [1.54, 1.807) is 0 Å². The Bertz CT molecular complexity index is 1320. The van der Waals surface area contributed by atoms with E-state index in [4.69, 9.17) is 4.98 Å². The van der Waals surface area contributed by atoms with E-state index in [0.717, 1.165) is 22.3 Å². The fourth-order valence-corrected chi connectivity index (χ4v) is 5.02. The number of nitrogens with zero attached hydrogens (tertiary/aromatic N) is 1. The molecule has 3 nitrogen and oxygen atoms in total. The normalized spacial score (nSPS) is 12.5. The van der Waals surface area contributed by atoms with E-state index in [0.29, 0.717) is 27.2 Å². The zero-order chi connectivity index (χ0) is 20.1. The van der Waals surface area contributed by atoms with Gasteiger partial charge in [-0.05, 0) is 47.9 Å². The third-order valence-electron chi connectivity index (χ3n) is 5.20. The van der Waals surface area contributed by atoms with E-state index < -0.39 is 11.8 Å². The first-order chi connectivity index (χ1) is 14.0. The molecule has 0 saturated carbocycles. The van der Waals surface area contributed by atoms with Gasteiger partial charge in [-0.2, -0.15) is 0 Å². The highest BCUT2D eigenvalue weighted by Gasteiger charge is 2.26. The summed E-state index contributed by atoms with van der Waals surface area (Å²) in [7, 11) is 0. The number of pyridine rings is 1. The molecule has 1 N–H and O–H groups in total. The van der Waals surface area contributed by atoms with Gasteiger partial charge in [-0.15, -0.1) is 11.8 Å². The SMILES string of the molecule is Cc1cccc(-c2ccc3c(c2)CSc2c-3nc3ccc(F)cc3c2C(=O)O)c1. The molecule has 1 aromatic heterocycles. The maximum Gasteiger partial charge on any atom is 0.337 e. The molecule has 0 atom stereocenters. The lowest BCUT2D eigenvalue weighted by molar-refractivity contribution is 0.0695. The van der Waals surface area contributed by atoms with Gasteiger partial charge < -0.3 is 5.11 Å². The second-order valence-corrected chi connectivity index (χ2v) is 8.15. The standard InChI is InChI=1S/C24H16FNO2S/c1-13-3-2-4-14(9-13)15-5-7-18-16(10-15)12-29-23-21(24(27)28)19-11-17(25)6-8-20(19)26-22(18)23/h2-11H,12H2,1H3,(H,27,28). The van der Waals surface area contributed by atoms with Gasteiger partial charge in [0.2, 0.25) is 0 Å². The molecular formula is C24H16FNO2S. The zero-order valence-corrected chi connectivity index (χ0v) is 16.4. The Kier molecular flexibility index (Phi) is 4.14. The number of carboxylic acids is 1. The number of aromatic carboxylic acids is 1. The van der Waals surface area contributed by atoms with Crippen LogP contribution in [-0.4, -0.2) is 16.1 Å². The fraction of sp³-hybridized carbons (Fsp3) is 0.0833. The summed E-state index contributed by atoms with van der Waals surface area (Å²) in [5.74, 6) is -0.887. The molecule has 0 spiro atoms. The van der Waals surface area contributed by atoms with Crippen molar-refractivity contribution in [1.29, 1.82) is 0 Å². The van der Waals surface area contributed by atoms with Crippen LogP contribution in [0.3, 0.4) is 0 Å². The number of aromatic nitrogens is 1. The van der Waals surface area contributed by atoms with Crippen LogP contribution in [0.5, 0.6) is 0 Å². The molecule has 0 amide bonds. The van der Waals surface area contributed by atoms with Gasteiger partial charge in [0.25, 0.3) is 0 Å². The lowest BCUT2D eigenvalue weighted by atomic mass is 9.95. The van der Waals surface area contributed by atoms with Crippen molar-refractivity contribution in [3.63, 3.8) is 0 Å². The van der Waals surface area contributed by atoms with E-state index in [9.17, 15) is 14.3 Å². The second kappa shape index (κ2) is 6.71. The first-order valence-corrected chi connectivity index (χ1v) is 10.2. The maximum atomic E-state index is 13.8. The lowest BCUT2D eigenvalue weighted by Crippen LogP contribution is -2.08. The van der Waals surface area contributed by atoms with E-state index in [2.05, 4.69) is 31.2 Å². The predicted octanol–water partition coefficient (Wildman–Crippen LogP) is 6.32. The third kappa shape index (κ3) is 2.98. The Labute approximate surface area is 171 Å². The van der Waals surface area contributed by atoms with Crippen molar-refractivity contribution >= 4 is 28.6 Å². The third-order valence-corrected chi connectivity index (χ3v) is 6.34. The number of carboxylic acid groups (broad SMARTS) is 1. The van der Waals surface area contributed by atoms with Crippen molar-refractivity contribution in [2.75, 3.05) is 0 Å². The van der Waals surface area contributed by atoms with Crippen LogP contribution < -0.4 is 0 Å². The fourth-order valence-electron chi connectivity index (χ4n) is 3.85. The smallest absolute Gasteiger partial charge is 0.337 e. The van der Waals surface area contributed by atoms with Crippen molar-refractivity contribution < 1.29 is 14.3 Å². The number of benzene rings is 3. The molecule has 5 rings (SSSR count). The Balaban J connectivity index is 1.73. The molecule has 0 saturated heterocycles. The molecule has 4 aromatic rings. The molecule has 0 radical (unpaired) electrons. The first kappa shape index (κ1) is 17.9. The number of hydrogen-bond acceptors (Lipinski definition) is 3. The molecule has 1 aliphatic rings. The Hall–Kier alpha value is -3.18. The maximum absolute atomic E-state index is 13.8. The minimum atomic E-state index is -1.06. The van der Waals surface area contributed by atoms with E-state index in [1.165, 1.54) is 35.5 Å². The van der Waals surface area contributed by atoms with E-state index in [1.807, 2.05) is 18.2 Å². The van der Waals surface area contributed by atoms with Crippen molar-refractivity contribution in [2.24, 2.45) is 0 Å². The van der Waals surface area contributed by atoms with Gasteiger partial charge in [-0.25, -0.2) is 14.2 Å². The summed E-state index contributed by atoms with van der Waals surface area (Å²) in [6, 6.07) is 18.7. The van der Waals surface area contributed by atoms with E-state index >= 15 is 0 Å². The average molecular weight is 401 g/mol. The number of fused-ring (bicyclic) bond motifs is 4. The van der Waals surface area contributed by atoms with Gasteiger partial charge in [0.1, 0.15) is 5.82 Å². The van der Waals surface area contributed by atoms with Gasteiger partial charge in [-0.3, -0.25) is 0 Å². The van der Waals surface area contributed by atoms with Crippen LogP contribution in [0, 0.1) is 12.7 Å². The summed E-state index contributed by atoms with van der Waals surface area (Å²) in [6.45, 7) is 2.07. The number of rotatable bonds is 2. The molecule has 0 fully saturated rings. The minimum absolute atomic E-state index is 0.128. The summed E-state index contributed by atoms with van der Waals surface area (Å²) in [5, 5.41) is 10.2. The summed E-state index contributed by atoms with van der Waals surface area (Å²) >= 11 is 1.45. The Morgan fingerprint density at radius 3 is 2.69 bits per heavy atom. The largest absolute Gasteiger partial charge is 0.478 e. The summed E-state index contributed by atoms with van der Waals surface area (Å²) in [4.78, 5) is 17.3. The average Bonchev–Trinajstić information content (AvgIpc) is 2.71. The van der Waals surface area contributed by atoms with Gasteiger partial charge in [0.05, 0.1) is 16.8 Å². The molecule has 29 heavy (non-hydrogen) atoms. The molecule has 0 aliphatic carbocycles. The minimum Gasteiger partial charge on any atom is -0.478 e. The number of halogens is 1. The molecule has 142 valence electrons. The van der Waals surface area contributed by atoms with Crippen molar-refractivity contribution in [1.82, 2.24) is 4.98 Å². The van der Waals surface area contributed by atoms with Crippen LogP contribution in [0.2, 0.25) is 0 Å². The summed E-state index contributed by atoms with van der Waals surface area (Å²) < 4.78 is 13.8. The molecular weight excluding hydrogens is 385 g/mol. The number of carbonyl (C=O) groups is 1. The zero-order valence-electron chi connectivity index (χ0n) is 15.6. The molecule has 5 heteroatoms. The topological polar surface area (TPSA) is 50.2 Å². The number of hydrogen-bond donors (Lipinski definition) is 1. The van der Waals surface area contributed by atoms with Crippen LogP contribution in [0.4, 0.5) is 4.39 Å². The highest BCUT2D eigenvalue weighted by molar-refractivity contribution is 7.98. The van der Waals surface area contributed by atoms with Crippen LogP contribution in [0.15, 0.2) is 65.6 Å². The highest BCUT2D eigenvalue weighted by Crippen LogP contribution is 2.45. The van der Waals surface area contributed by atoms with Crippen LogP contribution in [0.25, 0.3) is 33.3 Å². The molecule has 2 heterocycles. The second-order valence-electron chi connectivity index (χ2n) is 7.16. The van der Waals surface area contributed by atoms with Crippen molar-refractivity contribution in [3.8, 4) is 22.4 Å². The van der Waals surface area contributed by atoms with Gasteiger partial charge in [0, 0.05) is 21.6 Å². The van der Waals surface area contributed by atoms with Gasteiger partial charge in [0.15, 0.2) is 0 Å². The Morgan fingerprint density at radius 2 is 1.90 bits per heavy atom. The highest BCUT2D eigenvalue weighted by atomic mass is 32.2. The van der Waals surface area contributed by atoms with Gasteiger partial charge >= 0.3 is 5.97 Å². The molecule has 0 unspecified atom stereocenters. The summed E-state index contributed by atoms with van der Waals surface area (Å²) in [6.07, 6.45) is 0. The number of aryl methyl sites for hydroxylation is 1. The van der Waals surface area contributed by atoms with Crippen molar-refractivity contribution in [2.45, 2.75) is 17.6 Å². The molecule has 1 aliphatic heterocycles. The van der Waals surface area contributed by atoms with Crippen molar-refractivity contribution in [3.05, 3.63) is 83.2 Å². The predicted molar refractivity (Wildman–Crippen MR) is 114 cm³/mol. The number of thioether (sulfide) groups is 1. The van der Waals surface area contributed by atoms with Gasteiger partial charge in [-0.1, -0.05) is 42.0 Å². The lowest BCUT2D eigenvalue weighted by Gasteiger charge is -2.22. The van der Waals surface area contributed by atoms with Crippen LogP contribution in [-0.2, 0) is 5.75 Å². The summed E-state index contributed by atoms with van der Waals surface area (Å²) in [5.41, 5.74) is 6.79. The first-order valence-electron chi connectivity index (χ1n) is 9.21. The Morgan fingerprint density at radius 1 is 1.07 bits per heavy atom. The molecule has 3 aromatic carbocycles. The van der Waals surface area contributed by atoms with Crippen LogP contribution >= 0.6 is 11.8 Å². The monoisotopic (exact) mass is 401 g/mol.